The molecular weight excluding hydrogens is 344 g/mol. The Kier molecular flexibility index (Phi) is 3.00. The Hall–Kier alpha value is -2.86. The van der Waals surface area contributed by atoms with Gasteiger partial charge in [0.15, 0.2) is 23.0 Å². The number of aromatic hydroxyl groups is 1. The smallest absolute Gasteiger partial charge is 0.231 e. The molecule has 1 aromatic heterocycles. The van der Waals surface area contributed by atoms with Crippen molar-refractivity contribution in [3.63, 3.8) is 0 Å². The van der Waals surface area contributed by atoms with Gasteiger partial charge in [0.2, 0.25) is 6.79 Å². The largest absolute Gasteiger partial charge is 0.504 e. The minimum absolute atomic E-state index is 0.166. The highest BCUT2D eigenvalue weighted by Crippen LogP contribution is 2.45. The van der Waals surface area contributed by atoms with Gasteiger partial charge in [-0.2, -0.15) is 0 Å². The maximum Gasteiger partial charge on any atom is 0.231 e. The Morgan fingerprint density at radius 3 is 2.89 bits per heavy atom. The van der Waals surface area contributed by atoms with E-state index in [9.17, 15) is 5.11 Å². The van der Waals surface area contributed by atoms with Crippen molar-refractivity contribution in [2.45, 2.75) is 25.4 Å². The molecule has 0 spiro atoms. The number of benzene rings is 2. The summed E-state index contributed by atoms with van der Waals surface area (Å²) in [5.41, 5.74) is 6.22. The summed E-state index contributed by atoms with van der Waals surface area (Å²) < 4.78 is 16.5. The van der Waals surface area contributed by atoms with E-state index in [0.29, 0.717) is 18.6 Å². The van der Waals surface area contributed by atoms with E-state index in [1.165, 1.54) is 22.4 Å². The second-order valence-electron chi connectivity index (χ2n) is 7.50. The number of nitrogens with one attached hydrogen (secondary N) is 1. The van der Waals surface area contributed by atoms with Crippen LogP contribution in [-0.4, -0.2) is 35.4 Å². The molecule has 0 aliphatic carbocycles. The first kappa shape index (κ1) is 15.2. The van der Waals surface area contributed by atoms with E-state index in [0.717, 1.165) is 48.3 Å². The number of aromatic amines is 1. The molecule has 2 aromatic carbocycles. The number of aromatic nitrogens is 1. The van der Waals surface area contributed by atoms with E-state index >= 15 is 0 Å². The minimum Gasteiger partial charge on any atom is -0.504 e. The van der Waals surface area contributed by atoms with Gasteiger partial charge in [-0.15, -0.1) is 0 Å². The number of ether oxygens (including phenoxy) is 3. The number of phenolic OH excluding ortho intramolecular Hbond substituents is 1. The number of fused-ring (bicyclic) bond motifs is 7. The summed E-state index contributed by atoms with van der Waals surface area (Å²) in [4.78, 5) is 6.03. The highest BCUT2D eigenvalue weighted by molar-refractivity contribution is 5.88. The number of phenols is 1. The molecule has 138 valence electrons. The van der Waals surface area contributed by atoms with Crippen LogP contribution in [0.4, 0.5) is 0 Å². The lowest BCUT2D eigenvalue weighted by Gasteiger charge is -2.40. The van der Waals surface area contributed by atoms with Gasteiger partial charge >= 0.3 is 0 Å². The maximum absolute atomic E-state index is 10.1. The van der Waals surface area contributed by atoms with Gasteiger partial charge in [0, 0.05) is 41.8 Å². The third-order valence-electron chi connectivity index (χ3n) is 6.16. The molecule has 6 nitrogen and oxygen atoms in total. The van der Waals surface area contributed by atoms with Crippen molar-refractivity contribution < 1.29 is 19.3 Å². The maximum atomic E-state index is 10.1. The summed E-state index contributed by atoms with van der Waals surface area (Å²) in [5, 5.41) is 11.2. The molecule has 0 fully saturated rings. The molecule has 3 aliphatic heterocycles. The van der Waals surface area contributed by atoms with Crippen molar-refractivity contribution in [3.05, 3.63) is 46.6 Å². The molecule has 1 atom stereocenters. The van der Waals surface area contributed by atoms with Crippen LogP contribution in [0.25, 0.3) is 10.9 Å². The van der Waals surface area contributed by atoms with Gasteiger partial charge < -0.3 is 24.3 Å². The first-order chi connectivity index (χ1) is 13.2. The molecule has 4 heterocycles. The molecular formula is C21H20N2O4. The van der Waals surface area contributed by atoms with Crippen LogP contribution >= 0.6 is 0 Å². The van der Waals surface area contributed by atoms with E-state index in [2.05, 4.69) is 22.0 Å². The zero-order valence-corrected chi connectivity index (χ0v) is 15.0. The number of hydrogen-bond donors (Lipinski definition) is 2. The van der Waals surface area contributed by atoms with Crippen LogP contribution in [0.1, 0.15) is 28.4 Å². The van der Waals surface area contributed by atoms with Gasteiger partial charge in [0.25, 0.3) is 0 Å². The Bertz CT molecular complexity index is 1090. The van der Waals surface area contributed by atoms with Crippen LogP contribution in [0, 0.1) is 0 Å². The predicted octanol–water partition coefficient (Wildman–Crippen LogP) is 3.27. The average molecular weight is 364 g/mol. The van der Waals surface area contributed by atoms with Crippen molar-refractivity contribution in [3.8, 4) is 23.0 Å². The highest BCUT2D eigenvalue weighted by Gasteiger charge is 2.35. The summed E-state index contributed by atoms with van der Waals surface area (Å²) in [6.07, 6.45) is 1.95. The molecule has 2 N–H and O–H groups in total. The lowest BCUT2D eigenvalue weighted by Crippen LogP contribution is -2.39. The predicted molar refractivity (Wildman–Crippen MR) is 99.6 cm³/mol. The van der Waals surface area contributed by atoms with Crippen molar-refractivity contribution >= 4 is 10.9 Å². The van der Waals surface area contributed by atoms with Crippen LogP contribution < -0.4 is 14.2 Å². The summed E-state index contributed by atoms with van der Waals surface area (Å²) >= 11 is 0. The van der Waals surface area contributed by atoms with Gasteiger partial charge in [-0.3, -0.25) is 4.90 Å². The van der Waals surface area contributed by atoms with Gasteiger partial charge in [-0.1, -0.05) is 0 Å². The standard InChI is InChI=1S/C21H20N2O4/c1-25-19-7-14-13-5-17-12-6-21-20(26-10-27-21)4-11(12)2-3-23(17)9-16(13)22-15(14)8-18(19)24/h4,6-8,17,22,24H,2-3,5,9-10H2,1H3/t17-/m0/s1. The topological polar surface area (TPSA) is 67.0 Å². The number of rotatable bonds is 1. The zero-order chi connectivity index (χ0) is 18.1. The Balaban J connectivity index is 1.48. The second-order valence-corrected chi connectivity index (χ2v) is 7.50. The van der Waals surface area contributed by atoms with Crippen molar-refractivity contribution in [2.24, 2.45) is 0 Å². The molecule has 0 amide bonds. The van der Waals surface area contributed by atoms with Crippen LogP contribution in [0.2, 0.25) is 0 Å². The SMILES string of the molecule is COc1cc2c3c([nH]c2cc1O)CN1CCc2cc4c(cc2[C@@H]1C3)OCO4. The second kappa shape index (κ2) is 5.33. The quantitative estimate of drug-likeness (QED) is 0.694. The summed E-state index contributed by atoms with van der Waals surface area (Å²) in [7, 11) is 1.59. The van der Waals surface area contributed by atoms with Crippen molar-refractivity contribution in [1.82, 2.24) is 9.88 Å². The molecule has 0 saturated heterocycles. The molecule has 3 aliphatic rings. The van der Waals surface area contributed by atoms with Gasteiger partial charge in [-0.25, -0.2) is 0 Å². The fourth-order valence-electron chi connectivity index (χ4n) is 4.82. The Labute approximate surface area is 156 Å². The first-order valence-electron chi connectivity index (χ1n) is 9.28. The number of hydrogen-bond acceptors (Lipinski definition) is 5. The van der Waals surface area contributed by atoms with Crippen molar-refractivity contribution in [2.75, 3.05) is 20.4 Å². The molecule has 27 heavy (non-hydrogen) atoms. The van der Waals surface area contributed by atoms with Gasteiger partial charge in [0.1, 0.15) is 0 Å². The Morgan fingerprint density at radius 2 is 2.04 bits per heavy atom. The molecule has 0 unspecified atom stereocenters. The fourth-order valence-corrected chi connectivity index (χ4v) is 4.82. The van der Waals surface area contributed by atoms with E-state index in [1.807, 2.05) is 6.07 Å². The van der Waals surface area contributed by atoms with E-state index in [-0.39, 0.29) is 5.75 Å². The number of H-pyrrole nitrogens is 1. The number of nitrogens with zero attached hydrogens (tertiary/aromatic N) is 1. The normalized spacial score (nSPS) is 20.3. The summed E-state index contributed by atoms with van der Waals surface area (Å²) in [5.74, 6) is 2.40. The van der Waals surface area contributed by atoms with Crippen LogP contribution in [0.15, 0.2) is 24.3 Å². The average Bonchev–Trinajstić information content (AvgIpc) is 3.26. The zero-order valence-electron chi connectivity index (χ0n) is 15.0. The van der Waals surface area contributed by atoms with Gasteiger partial charge in [0.05, 0.1) is 7.11 Å². The van der Waals surface area contributed by atoms with Crippen molar-refractivity contribution in [1.29, 1.82) is 0 Å². The Morgan fingerprint density at radius 1 is 1.19 bits per heavy atom. The van der Waals surface area contributed by atoms with Crippen LogP contribution in [-0.2, 0) is 19.4 Å². The first-order valence-corrected chi connectivity index (χ1v) is 9.28. The molecule has 6 rings (SSSR count). The van der Waals surface area contributed by atoms with E-state index < -0.39 is 0 Å². The van der Waals surface area contributed by atoms with Crippen LogP contribution in [0.3, 0.4) is 0 Å². The third-order valence-corrected chi connectivity index (χ3v) is 6.16. The van der Waals surface area contributed by atoms with E-state index in [4.69, 9.17) is 14.2 Å². The fraction of sp³-hybridized carbons (Fsp3) is 0.333. The lowest BCUT2D eigenvalue weighted by molar-refractivity contribution is 0.159. The van der Waals surface area contributed by atoms with Crippen LogP contribution in [0.5, 0.6) is 23.0 Å². The minimum atomic E-state index is 0.166. The third kappa shape index (κ3) is 2.10. The van der Waals surface area contributed by atoms with Gasteiger partial charge in [-0.05, 0) is 47.7 Å². The number of methoxy groups -OCH3 is 1. The summed E-state index contributed by atoms with van der Waals surface area (Å²) in [6.45, 7) is 2.22. The molecule has 0 saturated carbocycles. The summed E-state index contributed by atoms with van der Waals surface area (Å²) in [6, 6.07) is 8.35. The molecule has 3 aromatic rings. The molecule has 0 bridgehead atoms. The molecule has 6 heteroatoms. The lowest BCUT2D eigenvalue weighted by atomic mass is 9.85. The van der Waals surface area contributed by atoms with E-state index in [1.54, 1.807) is 13.2 Å². The highest BCUT2D eigenvalue weighted by atomic mass is 16.7. The molecule has 0 radical (unpaired) electrons. The monoisotopic (exact) mass is 364 g/mol.